The highest BCUT2D eigenvalue weighted by molar-refractivity contribution is 5.74. The van der Waals surface area contributed by atoms with Crippen molar-refractivity contribution in [2.75, 3.05) is 13.7 Å². The fourth-order valence-electron chi connectivity index (χ4n) is 1.64. The highest BCUT2D eigenvalue weighted by Crippen LogP contribution is 2.19. The summed E-state index contributed by atoms with van der Waals surface area (Å²) in [5.41, 5.74) is 0.666. The molecular weight excluding hydrogens is 252 g/mol. The number of nitrogens with one attached hydrogen (secondary N) is 1. The van der Waals surface area contributed by atoms with Crippen molar-refractivity contribution in [1.29, 1.82) is 0 Å². The van der Waals surface area contributed by atoms with Crippen molar-refractivity contribution in [3.05, 3.63) is 29.8 Å². The minimum atomic E-state index is -0.259. The number of hydrogen-bond donors (Lipinski definition) is 1. The van der Waals surface area contributed by atoms with Gasteiger partial charge in [0.1, 0.15) is 12.4 Å². The van der Waals surface area contributed by atoms with Crippen LogP contribution in [0.4, 0.5) is 4.79 Å². The Morgan fingerprint density at radius 1 is 1.40 bits per heavy atom. The number of carbonyl (C=O) groups is 1. The molecule has 108 valence electrons. The lowest BCUT2D eigenvalue weighted by molar-refractivity contribution is 0.197. The van der Waals surface area contributed by atoms with Crippen molar-refractivity contribution in [1.82, 2.24) is 10.2 Å². The number of urea groups is 1. The second kappa shape index (κ2) is 6.85. The number of benzene rings is 1. The van der Waals surface area contributed by atoms with Gasteiger partial charge in [0.25, 0.3) is 0 Å². The van der Waals surface area contributed by atoms with Crippen LogP contribution in [0.1, 0.15) is 26.3 Å². The van der Waals surface area contributed by atoms with E-state index in [9.17, 15) is 4.79 Å². The third-order valence-corrected chi connectivity index (χ3v) is 2.52. The van der Waals surface area contributed by atoms with E-state index in [1.807, 2.05) is 45.0 Å². The summed E-state index contributed by atoms with van der Waals surface area (Å²) in [4.78, 5) is 13.6. The molecular formula is C16H22N2O2. The fraction of sp³-hybridized carbons (Fsp3) is 0.438. The third-order valence-electron chi connectivity index (χ3n) is 2.52. The van der Waals surface area contributed by atoms with Crippen molar-refractivity contribution in [3.63, 3.8) is 0 Å². The molecule has 2 amide bonds. The first-order chi connectivity index (χ1) is 9.33. The quantitative estimate of drug-likeness (QED) is 0.858. The smallest absolute Gasteiger partial charge is 0.317 e. The predicted molar refractivity (Wildman–Crippen MR) is 80.5 cm³/mol. The summed E-state index contributed by atoms with van der Waals surface area (Å²) in [5, 5.41) is 2.92. The van der Waals surface area contributed by atoms with Crippen LogP contribution < -0.4 is 10.1 Å². The minimum Gasteiger partial charge on any atom is -0.481 e. The van der Waals surface area contributed by atoms with Gasteiger partial charge in [-0.3, -0.25) is 0 Å². The van der Waals surface area contributed by atoms with Gasteiger partial charge in [0.2, 0.25) is 0 Å². The predicted octanol–water partition coefficient (Wildman–Crippen LogP) is 2.64. The minimum absolute atomic E-state index is 0.121. The maximum absolute atomic E-state index is 12.0. The zero-order valence-corrected chi connectivity index (χ0v) is 12.6. The number of nitrogens with zero attached hydrogens (tertiary/aromatic N) is 1. The molecule has 4 heteroatoms. The number of ether oxygens (including phenoxy) is 1. The Labute approximate surface area is 121 Å². The molecule has 20 heavy (non-hydrogen) atoms. The van der Waals surface area contributed by atoms with Gasteiger partial charge in [0.15, 0.2) is 0 Å². The van der Waals surface area contributed by atoms with Crippen molar-refractivity contribution in [2.45, 2.75) is 32.9 Å². The van der Waals surface area contributed by atoms with Crippen LogP contribution in [0.15, 0.2) is 24.3 Å². The topological polar surface area (TPSA) is 41.6 Å². The Kier molecular flexibility index (Phi) is 5.45. The van der Waals surface area contributed by atoms with Crippen LogP contribution in [0.2, 0.25) is 0 Å². The van der Waals surface area contributed by atoms with Crippen LogP contribution in [0.3, 0.4) is 0 Å². The lowest BCUT2D eigenvalue weighted by atomic mass is 10.1. The van der Waals surface area contributed by atoms with Gasteiger partial charge in [0, 0.05) is 18.2 Å². The van der Waals surface area contributed by atoms with E-state index in [1.165, 1.54) is 0 Å². The Hall–Kier alpha value is -2.15. The van der Waals surface area contributed by atoms with Crippen LogP contribution in [0, 0.1) is 12.3 Å². The van der Waals surface area contributed by atoms with Crippen LogP contribution in [0.25, 0.3) is 0 Å². The van der Waals surface area contributed by atoms with Gasteiger partial charge in [-0.2, -0.15) is 0 Å². The first-order valence-electron chi connectivity index (χ1n) is 6.51. The molecule has 0 saturated heterocycles. The van der Waals surface area contributed by atoms with E-state index in [4.69, 9.17) is 11.2 Å². The summed E-state index contributed by atoms with van der Waals surface area (Å²) in [5.74, 6) is 3.14. The molecule has 0 atom stereocenters. The number of rotatable bonds is 4. The number of terminal acetylenes is 1. The number of carbonyl (C=O) groups excluding carboxylic acids is 1. The van der Waals surface area contributed by atoms with E-state index in [1.54, 1.807) is 11.9 Å². The van der Waals surface area contributed by atoms with Crippen LogP contribution in [-0.4, -0.2) is 30.1 Å². The van der Waals surface area contributed by atoms with E-state index in [0.29, 0.717) is 12.3 Å². The maximum atomic E-state index is 12.0. The van der Waals surface area contributed by atoms with Crippen LogP contribution >= 0.6 is 0 Å². The maximum Gasteiger partial charge on any atom is 0.317 e. The molecule has 1 N–H and O–H groups in total. The summed E-state index contributed by atoms with van der Waals surface area (Å²) in [6.45, 7) is 6.52. The van der Waals surface area contributed by atoms with Crippen LogP contribution in [-0.2, 0) is 6.54 Å². The highest BCUT2D eigenvalue weighted by atomic mass is 16.5. The molecule has 0 heterocycles. The second-order valence-electron chi connectivity index (χ2n) is 5.64. The molecule has 1 rings (SSSR count). The van der Waals surface area contributed by atoms with Gasteiger partial charge in [0.05, 0.1) is 6.54 Å². The average molecular weight is 274 g/mol. The molecule has 0 bridgehead atoms. The zero-order chi connectivity index (χ0) is 15.2. The van der Waals surface area contributed by atoms with Gasteiger partial charge in [-0.1, -0.05) is 24.1 Å². The molecule has 0 aliphatic rings. The first-order valence-corrected chi connectivity index (χ1v) is 6.51. The average Bonchev–Trinajstić information content (AvgIpc) is 2.35. The molecule has 0 spiro atoms. The molecule has 1 aromatic rings. The van der Waals surface area contributed by atoms with E-state index in [-0.39, 0.29) is 18.2 Å². The second-order valence-corrected chi connectivity index (χ2v) is 5.64. The molecule has 0 aromatic heterocycles. The van der Waals surface area contributed by atoms with Gasteiger partial charge in [-0.25, -0.2) is 4.79 Å². The third kappa shape index (κ3) is 5.23. The Balaban J connectivity index is 2.73. The normalized spacial score (nSPS) is 10.6. The first kappa shape index (κ1) is 15.9. The molecule has 4 nitrogen and oxygen atoms in total. The molecule has 0 saturated carbocycles. The summed E-state index contributed by atoms with van der Waals surface area (Å²) in [6, 6.07) is 7.44. The molecule has 0 aliphatic carbocycles. The largest absolute Gasteiger partial charge is 0.481 e. The van der Waals surface area contributed by atoms with Gasteiger partial charge >= 0.3 is 6.03 Å². The van der Waals surface area contributed by atoms with E-state index >= 15 is 0 Å². The Morgan fingerprint density at radius 2 is 2.05 bits per heavy atom. The summed E-state index contributed by atoms with van der Waals surface area (Å²) >= 11 is 0. The zero-order valence-electron chi connectivity index (χ0n) is 12.6. The van der Waals surface area contributed by atoms with E-state index < -0.39 is 0 Å². The lowest BCUT2D eigenvalue weighted by Gasteiger charge is -2.26. The number of hydrogen-bond acceptors (Lipinski definition) is 2. The number of amides is 2. The molecule has 0 unspecified atom stereocenters. The fourth-order valence-corrected chi connectivity index (χ4v) is 1.64. The van der Waals surface area contributed by atoms with E-state index in [0.717, 1.165) is 5.56 Å². The van der Waals surface area contributed by atoms with Crippen molar-refractivity contribution in [3.8, 4) is 18.1 Å². The lowest BCUT2D eigenvalue weighted by Crippen LogP contribution is -2.46. The monoisotopic (exact) mass is 274 g/mol. The van der Waals surface area contributed by atoms with Gasteiger partial charge in [-0.15, -0.1) is 6.42 Å². The standard InChI is InChI=1S/C16H22N2O2/c1-6-11-20-14-10-8-7-9-13(14)12-18(5)15(19)17-16(2,3)4/h1,7-10H,11-12H2,2-5H3,(H,17,19). The Bertz CT molecular complexity index is 498. The summed E-state index contributed by atoms with van der Waals surface area (Å²) < 4.78 is 5.47. The van der Waals surface area contributed by atoms with Gasteiger partial charge in [-0.05, 0) is 26.8 Å². The van der Waals surface area contributed by atoms with Gasteiger partial charge < -0.3 is 15.0 Å². The summed E-state index contributed by atoms with van der Waals surface area (Å²) in [6.07, 6.45) is 5.20. The highest BCUT2D eigenvalue weighted by Gasteiger charge is 2.17. The van der Waals surface area contributed by atoms with E-state index in [2.05, 4.69) is 11.2 Å². The van der Waals surface area contributed by atoms with Crippen LogP contribution in [0.5, 0.6) is 5.75 Å². The Morgan fingerprint density at radius 3 is 2.65 bits per heavy atom. The molecule has 0 fully saturated rings. The SMILES string of the molecule is C#CCOc1ccccc1CN(C)C(=O)NC(C)(C)C. The van der Waals surface area contributed by atoms with Crippen molar-refractivity contribution >= 4 is 6.03 Å². The summed E-state index contributed by atoms with van der Waals surface area (Å²) in [7, 11) is 1.75. The van der Waals surface area contributed by atoms with Crippen molar-refractivity contribution in [2.24, 2.45) is 0 Å². The molecule has 1 aromatic carbocycles. The number of para-hydroxylation sites is 1. The molecule has 0 aliphatic heterocycles. The van der Waals surface area contributed by atoms with Crippen molar-refractivity contribution < 1.29 is 9.53 Å². The molecule has 0 radical (unpaired) electrons.